The summed E-state index contributed by atoms with van der Waals surface area (Å²) in [4.78, 5) is 46.3. The summed E-state index contributed by atoms with van der Waals surface area (Å²) < 4.78 is 12.7. The van der Waals surface area contributed by atoms with Gasteiger partial charge in [0.2, 0.25) is 5.91 Å². The topological polar surface area (TPSA) is 134 Å². The van der Waals surface area contributed by atoms with Gasteiger partial charge in [0.1, 0.15) is 5.75 Å². The Hall–Kier alpha value is -5.23. The van der Waals surface area contributed by atoms with Crippen LogP contribution in [0.5, 0.6) is 5.75 Å². The van der Waals surface area contributed by atoms with Gasteiger partial charge < -0.3 is 35.4 Å². The van der Waals surface area contributed by atoms with E-state index in [2.05, 4.69) is 50.1 Å². The second kappa shape index (κ2) is 14.5. The highest BCUT2D eigenvalue weighted by Gasteiger charge is 2.66. The first kappa shape index (κ1) is 37.1. The monoisotopic (exact) mass is 744 g/mol. The third kappa shape index (κ3) is 6.29. The molecule has 0 unspecified atom stereocenters. The molecule has 11 heteroatoms. The van der Waals surface area contributed by atoms with Crippen LogP contribution in [0.15, 0.2) is 104 Å². The molecule has 3 aliphatic rings. The summed E-state index contributed by atoms with van der Waals surface area (Å²) in [5.41, 5.74) is 9.27. The minimum atomic E-state index is -2.55. The average molecular weight is 745 g/mol. The molecule has 0 aliphatic carbocycles. The van der Waals surface area contributed by atoms with Crippen molar-refractivity contribution in [3.05, 3.63) is 126 Å². The summed E-state index contributed by atoms with van der Waals surface area (Å²) in [6.07, 6.45) is 1.67. The number of nitrogens with zero attached hydrogens (tertiary/aromatic N) is 2. The van der Waals surface area contributed by atoms with Crippen molar-refractivity contribution in [2.75, 3.05) is 36.2 Å². The number of nitrogens with two attached hydrogens (primary N) is 1. The van der Waals surface area contributed by atoms with Crippen molar-refractivity contribution >= 4 is 48.0 Å². The van der Waals surface area contributed by atoms with E-state index in [0.717, 1.165) is 22.1 Å². The molecule has 10 nitrogen and oxygen atoms in total. The maximum Gasteiger partial charge on any atom is 0.264 e. The quantitative estimate of drug-likeness (QED) is 0.109. The van der Waals surface area contributed by atoms with E-state index < -0.39 is 19.8 Å². The van der Waals surface area contributed by atoms with Gasteiger partial charge in [-0.3, -0.25) is 14.4 Å². The molecule has 0 radical (unpaired) electrons. The zero-order valence-corrected chi connectivity index (χ0v) is 32.2. The standard InChI is InChI=1S/C43H48N4O6Si/c1-6-21-46-37-20-15-32(45-41(50)28-11-13-31(44)14-12-28)23-36(37)43(42(46)51)27(2)40(54(4,5)35-18-16-34(52-3)17-19-35)38(53-43)24-39(49)47-25-30-10-8-7-9-29(30)22-33(47)26-48/h6-20,23,27,33,38,40,48H,1,21-22,24-26,44H2,2-5H3,(H,45,50)/t27-,33+,38+,40-,43+/m1/s1. The van der Waals surface area contributed by atoms with Crippen LogP contribution in [0, 0.1) is 5.92 Å². The zero-order valence-electron chi connectivity index (χ0n) is 31.2. The molecule has 4 aromatic rings. The van der Waals surface area contributed by atoms with Crippen molar-refractivity contribution in [1.29, 1.82) is 0 Å². The smallest absolute Gasteiger partial charge is 0.264 e. The molecule has 3 aliphatic heterocycles. The number of fused-ring (bicyclic) bond motifs is 3. The van der Waals surface area contributed by atoms with Crippen LogP contribution in [0.25, 0.3) is 0 Å². The maximum atomic E-state index is 15.0. The normalized spacial score (nSPS) is 23.2. The van der Waals surface area contributed by atoms with Crippen molar-refractivity contribution in [3.63, 3.8) is 0 Å². The van der Waals surface area contributed by atoms with E-state index in [4.69, 9.17) is 15.2 Å². The van der Waals surface area contributed by atoms with Gasteiger partial charge in [-0.15, -0.1) is 6.58 Å². The number of methoxy groups -OCH3 is 1. The number of aliphatic hydroxyl groups excluding tert-OH is 1. The predicted octanol–water partition coefficient (Wildman–Crippen LogP) is 5.61. The molecule has 4 aromatic carbocycles. The van der Waals surface area contributed by atoms with Gasteiger partial charge >= 0.3 is 0 Å². The van der Waals surface area contributed by atoms with Crippen molar-refractivity contribution in [2.24, 2.45) is 5.92 Å². The van der Waals surface area contributed by atoms with Gasteiger partial charge in [0, 0.05) is 41.5 Å². The maximum absolute atomic E-state index is 15.0. The fourth-order valence-electron chi connectivity index (χ4n) is 9.07. The van der Waals surface area contributed by atoms with E-state index in [1.807, 2.05) is 42.5 Å². The van der Waals surface area contributed by atoms with Gasteiger partial charge in [-0.25, -0.2) is 0 Å². The van der Waals surface area contributed by atoms with Gasteiger partial charge in [-0.05, 0) is 77.7 Å². The Morgan fingerprint density at radius 1 is 1.06 bits per heavy atom. The molecule has 7 rings (SSSR count). The third-order valence-corrected chi connectivity index (χ3v) is 16.2. The number of rotatable bonds is 10. The summed E-state index contributed by atoms with van der Waals surface area (Å²) in [7, 11) is -0.915. The lowest BCUT2D eigenvalue weighted by Gasteiger charge is -2.39. The number of carbonyl (C=O) groups is 3. The zero-order chi connectivity index (χ0) is 38.4. The molecule has 1 spiro atoms. The minimum Gasteiger partial charge on any atom is -0.497 e. The molecule has 0 bridgehead atoms. The number of nitrogens with one attached hydrogen (secondary N) is 1. The molecule has 5 atom stereocenters. The summed E-state index contributed by atoms with van der Waals surface area (Å²) in [6.45, 7) is 11.0. The van der Waals surface area contributed by atoms with Crippen LogP contribution in [-0.4, -0.2) is 68.2 Å². The average Bonchev–Trinajstić information content (AvgIpc) is 3.60. The van der Waals surface area contributed by atoms with Crippen LogP contribution in [0.3, 0.4) is 0 Å². The molecule has 0 aromatic heterocycles. The highest BCUT2D eigenvalue weighted by Crippen LogP contribution is 2.60. The highest BCUT2D eigenvalue weighted by atomic mass is 28.3. The SMILES string of the molecule is C=CCN1C(=O)[C@@]2(O[C@@H](CC(=O)N3Cc4ccccc4C[C@H]3CO)[C@H]([Si](C)(C)c3ccc(OC)cc3)[C@H]2C)c2cc(NC(=O)c3ccc(N)cc3)ccc21. The molecule has 1 fully saturated rings. The molecule has 0 saturated carbocycles. The Kier molecular flexibility index (Phi) is 9.99. The Morgan fingerprint density at radius 2 is 1.76 bits per heavy atom. The van der Waals surface area contributed by atoms with Gasteiger partial charge in [-0.1, -0.05) is 67.7 Å². The Labute approximate surface area is 317 Å². The van der Waals surface area contributed by atoms with E-state index in [1.54, 1.807) is 53.3 Å². The van der Waals surface area contributed by atoms with Crippen molar-refractivity contribution in [3.8, 4) is 5.75 Å². The summed E-state index contributed by atoms with van der Waals surface area (Å²) >= 11 is 0. The number of nitrogen functional groups attached to an aromatic ring is 1. The van der Waals surface area contributed by atoms with E-state index in [1.165, 1.54) is 0 Å². The van der Waals surface area contributed by atoms with Crippen LogP contribution in [-0.2, 0) is 32.9 Å². The molecule has 54 heavy (non-hydrogen) atoms. The lowest BCUT2D eigenvalue weighted by atomic mass is 9.82. The Balaban J connectivity index is 1.30. The molecule has 1 saturated heterocycles. The van der Waals surface area contributed by atoms with Gasteiger partial charge in [0.25, 0.3) is 11.8 Å². The third-order valence-electron chi connectivity index (χ3n) is 11.8. The Morgan fingerprint density at radius 3 is 2.43 bits per heavy atom. The number of hydrogen-bond donors (Lipinski definition) is 3. The number of aliphatic hydroxyl groups is 1. The lowest BCUT2D eigenvalue weighted by Crippen LogP contribution is -2.52. The summed E-state index contributed by atoms with van der Waals surface area (Å²) in [5.74, 6) is -0.269. The number of hydrogen-bond acceptors (Lipinski definition) is 7. The molecular weight excluding hydrogens is 697 g/mol. The second-order valence-electron chi connectivity index (χ2n) is 15.2. The van der Waals surface area contributed by atoms with E-state index in [-0.39, 0.29) is 54.8 Å². The summed E-state index contributed by atoms with van der Waals surface area (Å²) in [6, 6.07) is 27.9. The number of benzene rings is 4. The fourth-order valence-corrected chi connectivity index (χ4v) is 13.1. The molecule has 3 heterocycles. The van der Waals surface area contributed by atoms with Crippen LogP contribution in [0.2, 0.25) is 18.6 Å². The van der Waals surface area contributed by atoms with Crippen LogP contribution >= 0.6 is 0 Å². The molecular formula is C43H48N4O6Si. The largest absolute Gasteiger partial charge is 0.497 e. The van der Waals surface area contributed by atoms with Crippen molar-refractivity contribution in [2.45, 2.75) is 62.7 Å². The lowest BCUT2D eigenvalue weighted by molar-refractivity contribution is -0.150. The first-order chi connectivity index (χ1) is 25.9. The first-order valence-electron chi connectivity index (χ1n) is 18.5. The van der Waals surface area contributed by atoms with Crippen LogP contribution in [0.1, 0.15) is 40.4 Å². The summed E-state index contributed by atoms with van der Waals surface area (Å²) in [5, 5.41) is 14.6. The first-order valence-corrected chi connectivity index (χ1v) is 21.5. The number of ether oxygens (including phenoxy) is 2. The van der Waals surface area contributed by atoms with E-state index in [0.29, 0.717) is 41.2 Å². The number of carbonyl (C=O) groups excluding carboxylic acids is 3. The van der Waals surface area contributed by atoms with Crippen LogP contribution in [0.4, 0.5) is 17.1 Å². The minimum absolute atomic E-state index is 0.0413. The Bertz CT molecular complexity index is 2090. The molecule has 4 N–H and O–H groups in total. The second-order valence-corrected chi connectivity index (χ2v) is 19.9. The molecule has 280 valence electrons. The van der Waals surface area contributed by atoms with Gasteiger partial charge in [0.05, 0.1) is 46.0 Å². The molecule has 3 amide bonds. The van der Waals surface area contributed by atoms with Crippen molar-refractivity contribution < 1.29 is 29.0 Å². The highest BCUT2D eigenvalue weighted by molar-refractivity contribution is 6.91. The van der Waals surface area contributed by atoms with E-state index >= 15 is 0 Å². The van der Waals surface area contributed by atoms with Gasteiger partial charge in [0.15, 0.2) is 5.60 Å². The number of amides is 3. The van der Waals surface area contributed by atoms with Crippen molar-refractivity contribution in [1.82, 2.24) is 4.90 Å². The number of anilines is 3. The predicted molar refractivity (Wildman–Crippen MR) is 214 cm³/mol. The van der Waals surface area contributed by atoms with Gasteiger partial charge in [-0.2, -0.15) is 0 Å². The fraction of sp³-hybridized carbons (Fsp3) is 0.326. The van der Waals surface area contributed by atoms with E-state index in [9.17, 15) is 19.5 Å². The van der Waals surface area contributed by atoms with Crippen LogP contribution < -0.4 is 25.9 Å².